The van der Waals surface area contributed by atoms with Crippen LogP contribution in [0.1, 0.15) is 63.2 Å². The van der Waals surface area contributed by atoms with E-state index in [0.717, 1.165) is 30.2 Å². The number of carbonyl (C=O) groups is 2. The maximum atomic E-state index is 12.9. The zero-order valence-corrected chi connectivity index (χ0v) is 17.3. The van der Waals surface area contributed by atoms with Gasteiger partial charge in [0.1, 0.15) is 11.6 Å². The fraction of sp³-hybridized carbons (Fsp3) is 0.261. The van der Waals surface area contributed by atoms with Crippen molar-refractivity contribution in [2.45, 2.75) is 39.0 Å². The average molecular weight is 438 g/mol. The summed E-state index contributed by atoms with van der Waals surface area (Å²) in [5.74, 6) is -1.86. The third-order valence-corrected chi connectivity index (χ3v) is 6.11. The molecule has 1 N–H and O–H groups in total. The zero-order chi connectivity index (χ0) is 20.0. The molecule has 142 valence electrons. The summed E-state index contributed by atoms with van der Waals surface area (Å²) in [4.78, 5) is 30.4. The van der Waals surface area contributed by atoms with E-state index in [4.69, 9.17) is 0 Å². The van der Waals surface area contributed by atoms with Crippen molar-refractivity contribution in [3.8, 4) is 5.75 Å². The molecule has 0 spiro atoms. The molecule has 1 aliphatic rings. The number of aromatic hydroxyl groups is 1. The molecule has 1 unspecified atom stereocenters. The second-order valence-corrected chi connectivity index (χ2v) is 8.12. The van der Waals surface area contributed by atoms with E-state index >= 15 is 0 Å². The first-order chi connectivity index (χ1) is 13.4. The van der Waals surface area contributed by atoms with Crippen LogP contribution in [-0.2, 0) is 6.42 Å². The monoisotopic (exact) mass is 437 g/mol. The second-order valence-electron chi connectivity index (χ2n) is 7.33. The maximum Gasteiger partial charge on any atom is 0.180 e. The summed E-state index contributed by atoms with van der Waals surface area (Å²) < 4.78 is 0.471. The van der Waals surface area contributed by atoms with Crippen LogP contribution in [0.3, 0.4) is 0 Å². The normalized spacial score (nSPS) is 16.0. The average Bonchev–Trinajstić information content (AvgIpc) is 2.93. The summed E-state index contributed by atoms with van der Waals surface area (Å²) >= 11 is 3.46. The molecule has 0 saturated carbocycles. The summed E-state index contributed by atoms with van der Waals surface area (Å²) in [7, 11) is 0. The number of benzene rings is 2. The molecule has 28 heavy (non-hydrogen) atoms. The highest BCUT2D eigenvalue weighted by Gasteiger charge is 2.42. The van der Waals surface area contributed by atoms with Crippen LogP contribution in [0.5, 0.6) is 5.75 Å². The number of aromatic nitrogens is 1. The Morgan fingerprint density at radius 1 is 1.07 bits per heavy atom. The van der Waals surface area contributed by atoms with Crippen LogP contribution < -0.4 is 0 Å². The Labute approximate surface area is 171 Å². The van der Waals surface area contributed by atoms with Gasteiger partial charge < -0.3 is 5.11 Å². The number of carbonyl (C=O) groups excluding carboxylic acids is 2. The number of pyridine rings is 1. The Morgan fingerprint density at radius 2 is 1.82 bits per heavy atom. The molecular formula is C23H20BrNO3. The SMILES string of the molecule is CCCCc1ccc2nc(C3C(=O)c4ccc(C)cc4C3=O)c(O)c(Br)c2c1. The number of halogens is 1. The first-order valence-electron chi connectivity index (χ1n) is 9.42. The van der Waals surface area contributed by atoms with Crippen LogP contribution in [0.4, 0.5) is 0 Å². The van der Waals surface area contributed by atoms with Gasteiger partial charge in [0, 0.05) is 16.5 Å². The second kappa shape index (κ2) is 7.13. The number of aryl methyl sites for hydroxylation is 2. The van der Waals surface area contributed by atoms with E-state index in [0.29, 0.717) is 21.1 Å². The molecular weight excluding hydrogens is 418 g/mol. The van der Waals surface area contributed by atoms with Gasteiger partial charge in [-0.2, -0.15) is 0 Å². The highest BCUT2D eigenvalue weighted by molar-refractivity contribution is 9.10. The molecule has 3 aromatic rings. The smallest absolute Gasteiger partial charge is 0.180 e. The van der Waals surface area contributed by atoms with Crippen molar-refractivity contribution in [2.75, 3.05) is 0 Å². The Hall–Kier alpha value is -2.53. The van der Waals surface area contributed by atoms with Crippen molar-refractivity contribution in [3.05, 3.63) is 68.8 Å². The predicted octanol–water partition coefficient (Wildman–Crippen LogP) is 5.52. The van der Waals surface area contributed by atoms with Crippen LogP contribution in [-0.4, -0.2) is 21.7 Å². The van der Waals surface area contributed by atoms with Crippen molar-refractivity contribution >= 4 is 38.4 Å². The van der Waals surface area contributed by atoms with E-state index in [-0.39, 0.29) is 23.0 Å². The number of hydrogen-bond acceptors (Lipinski definition) is 4. The number of fused-ring (bicyclic) bond motifs is 2. The van der Waals surface area contributed by atoms with Crippen molar-refractivity contribution in [2.24, 2.45) is 0 Å². The molecule has 0 fully saturated rings. The van der Waals surface area contributed by atoms with Gasteiger partial charge in [0.05, 0.1) is 9.99 Å². The Balaban J connectivity index is 1.83. The van der Waals surface area contributed by atoms with Gasteiger partial charge in [0.2, 0.25) is 0 Å². The molecule has 4 nitrogen and oxygen atoms in total. The zero-order valence-electron chi connectivity index (χ0n) is 15.8. The van der Waals surface area contributed by atoms with Gasteiger partial charge in [-0.1, -0.05) is 37.1 Å². The number of ketones is 2. The van der Waals surface area contributed by atoms with E-state index in [9.17, 15) is 14.7 Å². The van der Waals surface area contributed by atoms with Crippen LogP contribution in [0.25, 0.3) is 10.9 Å². The molecule has 1 aliphatic carbocycles. The fourth-order valence-electron chi connectivity index (χ4n) is 3.77. The van der Waals surface area contributed by atoms with E-state index < -0.39 is 5.92 Å². The van der Waals surface area contributed by atoms with Gasteiger partial charge in [-0.15, -0.1) is 0 Å². The number of unbranched alkanes of at least 4 members (excludes halogenated alkanes) is 1. The summed E-state index contributed by atoms with van der Waals surface area (Å²) in [5.41, 5.74) is 3.64. The number of nitrogens with zero attached hydrogens (tertiary/aromatic N) is 1. The Kier molecular flexibility index (Phi) is 4.79. The van der Waals surface area contributed by atoms with Crippen LogP contribution in [0, 0.1) is 6.92 Å². The molecule has 0 amide bonds. The van der Waals surface area contributed by atoms with E-state index in [1.807, 2.05) is 31.2 Å². The van der Waals surface area contributed by atoms with E-state index in [1.54, 1.807) is 12.1 Å². The van der Waals surface area contributed by atoms with Crippen LogP contribution in [0.15, 0.2) is 40.9 Å². The molecule has 0 radical (unpaired) electrons. The number of Topliss-reactive ketones (excluding diaryl/α,β-unsaturated/α-hetero) is 2. The van der Waals surface area contributed by atoms with Crippen LogP contribution >= 0.6 is 15.9 Å². The quantitative estimate of drug-likeness (QED) is 0.545. The minimum absolute atomic E-state index is 0.115. The first kappa shape index (κ1) is 18.8. The van der Waals surface area contributed by atoms with Gasteiger partial charge >= 0.3 is 0 Å². The van der Waals surface area contributed by atoms with Gasteiger partial charge in [-0.25, -0.2) is 4.98 Å². The molecule has 1 atom stereocenters. The largest absolute Gasteiger partial charge is 0.505 e. The van der Waals surface area contributed by atoms with Crippen molar-refractivity contribution in [1.29, 1.82) is 0 Å². The van der Waals surface area contributed by atoms with Crippen molar-refractivity contribution in [1.82, 2.24) is 4.98 Å². The third kappa shape index (κ3) is 2.94. The molecule has 1 heterocycles. The summed E-state index contributed by atoms with van der Waals surface area (Å²) in [6.45, 7) is 4.02. The molecule has 4 rings (SSSR count). The Morgan fingerprint density at radius 3 is 2.57 bits per heavy atom. The third-order valence-electron chi connectivity index (χ3n) is 5.31. The van der Waals surface area contributed by atoms with Crippen molar-refractivity contribution in [3.63, 3.8) is 0 Å². The molecule has 0 bridgehead atoms. The summed E-state index contributed by atoms with van der Waals surface area (Å²) in [6, 6.07) is 11.1. The minimum atomic E-state index is -1.10. The highest BCUT2D eigenvalue weighted by Crippen LogP contribution is 2.42. The van der Waals surface area contributed by atoms with Gasteiger partial charge in [0.25, 0.3) is 0 Å². The lowest BCUT2D eigenvalue weighted by atomic mass is 9.97. The van der Waals surface area contributed by atoms with Gasteiger partial charge in [-0.05, 0) is 59.5 Å². The van der Waals surface area contributed by atoms with E-state index in [1.165, 1.54) is 5.56 Å². The minimum Gasteiger partial charge on any atom is -0.505 e. The predicted molar refractivity (Wildman–Crippen MR) is 112 cm³/mol. The lowest BCUT2D eigenvalue weighted by molar-refractivity contribution is 0.0886. The maximum absolute atomic E-state index is 12.9. The lowest BCUT2D eigenvalue weighted by Crippen LogP contribution is -2.15. The van der Waals surface area contributed by atoms with Gasteiger partial charge in [0.15, 0.2) is 17.3 Å². The number of rotatable bonds is 4. The van der Waals surface area contributed by atoms with Gasteiger partial charge in [-0.3, -0.25) is 9.59 Å². The molecule has 1 aromatic heterocycles. The summed E-state index contributed by atoms with van der Waals surface area (Å²) in [5, 5.41) is 11.6. The fourth-order valence-corrected chi connectivity index (χ4v) is 4.29. The first-order valence-corrected chi connectivity index (χ1v) is 10.2. The topological polar surface area (TPSA) is 67.3 Å². The Bertz CT molecular complexity index is 1140. The highest BCUT2D eigenvalue weighted by atomic mass is 79.9. The van der Waals surface area contributed by atoms with E-state index in [2.05, 4.69) is 27.8 Å². The standard InChI is InChI=1S/C23H20BrNO3/c1-3-4-5-13-7-9-17-16(11-13)19(24)23(28)20(25-17)18-21(26)14-8-6-12(2)10-15(14)22(18)27/h6-11,18,28H,3-5H2,1-2H3. The molecule has 0 saturated heterocycles. The van der Waals surface area contributed by atoms with Crippen molar-refractivity contribution < 1.29 is 14.7 Å². The summed E-state index contributed by atoms with van der Waals surface area (Å²) in [6.07, 6.45) is 3.15. The number of hydrogen-bond donors (Lipinski definition) is 1. The molecule has 2 aromatic carbocycles. The molecule has 5 heteroatoms. The lowest BCUT2D eigenvalue weighted by Gasteiger charge is -2.13. The van der Waals surface area contributed by atoms with Crippen LogP contribution in [0.2, 0.25) is 0 Å². The molecule has 0 aliphatic heterocycles.